The Balaban J connectivity index is 1.70. The van der Waals surface area contributed by atoms with Gasteiger partial charge in [-0.2, -0.15) is 0 Å². The molecule has 3 fully saturated rings. The first-order valence-electron chi connectivity index (χ1n) is 12.2. The number of rotatable bonds is 3. The molecule has 35 heavy (non-hydrogen) atoms. The van der Waals surface area contributed by atoms with Gasteiger partial charge in [0.25, 0.3) is 0 Å². The summed E-state index contributed by atoms with van der Waals surface area (Å²) in [6, 6.07) is 1.81. The summed E-state index contributed by atoms with van der Waals surface area (Å²) < 4.78 is 22.0. The van der Waals surface area contributed by atoms with Crippen LogP contribution in [0.1, 0.15) is 71.5 Å². The van der Waals surface area contributed by atoms with Gasteiger partial charge >= 0.3 is 17.9 Å². The van der Waals surface area contributed by atoms with Crippen LogP contribution in [0.25, 0.3) is 0 Å². The molecular formula is C27H32O8. The standard InChI is InChI=1S/C27H32O8/c1-25(2)19(12-20(28)32-5)27(4)17-6-8-26(3)18(15(17)10-16(22(27)30)24(31)35-25)11-21(29)34-23(26)14-7-9-33-13-14/h7,9,13,16-17,19,23H,6,8,10-12H2,1-5H3. The Labute approximate surface area is 204 Å². The zero-order chi connectivity index (χ0) is 25.3. The molecule has 2 saturated heterocycles. The molecular weight excluding hydrogens is 452 g/mol. The van der Waals surface area contributed by atoms with Crippen LogP contribution >= 0.6 is 0 Å². The quantitative estimate of drug-likeness (QED) is 0.273. The van der Waals surface area contributed by atoms with Crippen LogP contribution in [-0.4, -0.2) is 36.4 Å². The first-order chi connectivity index (χ1) is 16.4. The Kier molecular flexibility index (Phi) is 5.31. The fraction of sp³-hybridized carbons (Fsp3) is 0.630. The minimum Gasteiger partial charge on any atom is -0.472 e. The van der Waals surface area contributed by atoms with Gasteiger partial charge in [0.05, 0.1) is 32.5 Å². The molecule has 4 aliphatic rings. The number of hydrogen-bond donors (Lipinski definition) is 0. The maximum atomic E-state index is 14.0. The monoisotopic (exact) mass is 484 g/mol. The summed E-state index contributed by atoms with van der Waals surface area (Å²) in [6.07, 6.45) is 4.31. The van der Waals surface area contributed by atoms with Gasteiger partial charge in [-0.05, 0) is 50.7 Å². The van der Waals surface area contributed by atoms with Crippen LogP contribution in [0.2, 0.25) is 0 Å². The molecule has 8 heteroatoms. The van der Waals surface area contributed by atoms with E-state index in [0.717, 1.165) is 16.7 Å². The molecule has 2 bridgehead atoms. The zero-order valence-corrected chi connectivity index (χ0v) is 20.8. The van der Waals surface area contributed by atoms with E-state index in [1.54, 1.807) is 32.4 Å². The van der Waals surface area contributed by atoms with Crippen molar-refractivity contribution in [2.75, 3.05) is 7.11 Å². The minimum absolute atomic E-state index is 0.0399. The van der Waals surface area contributed by atoms with Gasteiger partial charge in [-0.15, -0.1) is 0 Å². The number of carbonyl (C=O) groups excluding carboxylic acids is 4. The second kappa shape index (κ2) is 7.80. The molecule has 2 aliphatic carbocycles. The van der Waals surface area contributed by atoms with E-state index in [2.05, 4.69) is 6.92 Å². The van der Waals surface area contributed by atoms with Gasteiger partial charge in [0, 0.05) is 22.3 Å². The van der Waals surface area contributed by atoms with E-state index in [9.17, 15) is 19.2 Å². The molecule has 0 N–H and O–H groups in total. The number of hydrogen-bond acceptors (Lipinski definition) is 8. The Bertz CT molecular complexity index is 1130. The second-order valence-corrected chi connectivity index (χ2v) is 11.4. The van der Waals surface area contributed by atoms with E-state index >= 15 is 0 Å². The normalized spacial score (nSPS) is 38.0. The van der Waals surface area contributed by atoms with E-state index in [4.69, 9.17) is 18.6 Å². The lowest BCUT2D eigenvalue weighted by atomic mass is 9.47. The molecule has 0 aromatic carbocycles. The number of fused-ring (bicyclic) bond motifs is 5. The molecule has 1 saturated carbocycles. The Morgan fingerprint density at radius 2 is 1.91 bits per heavy atom. The first kappa shape index (κ1) is 23.8. The molecule has 0 radical (unpaired) electrons. The summed E-state index contributed by atoms with van der Waals surface area (Å²) in [6.45, 7) is 7.50. The SMILES string of the molecule is COC(=O)CC1C(C)(C)OC(=O)C2CC3=C4CC(=O)OC(c5ccoc5)C4(C)CCC3C1(C)C2=O. The molecule has 6 unspecified atom stereocenters. The average Bonchev–Trinajstić information content (AvgIpc) is 3.32. The summed E-state index contributed by atoms with van der Waals surface area (Å²) in [5.41, 5.74) is 0.154. The third kappa shape index (κ3) is 3.32. The van der Waals surface area contributed by atoms with Gasteiger partial charge in [-0.25, -0.2) is 0 Å². The van der Waals surface area contributed by atoms with Gasteiger partial charge in [-0.1, -0.05) is 19.4 Å². The summed E-state index contributed by atoms with van der Waals surface area (Å²) in [4.78, 5) is 52.5. The number of furan rings is 1. The number of ketones is 1. The smallest absolute Gasteiger partial charge is 0.317 e. The van der Waals surface area contributed by atoms with Crippen LogP contribution in [0.4, 0.5) is 0 Å². The lowest BCUT2D eigenvalue weighted by Gasteiger charge is -2.55. The Morgan fingerprint density at radius 1 is 1.17 bits per heavy atom. The van der Waals surface area contributed by atoms with Crippen molar-refractivity contribution in [3.63, 3.8) is 0 Å². The zero-order valence-electron chi connectivity index (χ0n) is 20.8. The summed E-state index contributed by atoms with van der Waals surface area (Å²) >= 11 is 0. The van der Waals surface area contributed by atoms with Crippen LogP contribution in [0.5, 0.6) is 0 Å². The van der Waals surface area contributed by atoms with Crippen LogP contribution in [0, 0.1) is 28.6 Å². The van der Waals surface area contributed by atoms with Gasteiger partial charge in [0.2, 0.25) is 0 Å². The van der Waals surface area contributed by atoms with Gasteiger partial charge < -0.3 is 18.6 Å². The third-order valence-corrected chi connectivity index (χ3v) is 9.25. The largest absolute Gasteiger partial charge is 0.472 e. The fourth-order valence-electron chi connectivity index (χ4n) is 7.48. The van der Waals surface area contributed by atoms with E-state index in [0.29, 0.717) is 12.8 Å². The molecule has 1 aromatic rings. The first-order valence-corrected chi connectivity index (χ1v) is 12.2. The van der Waals surface area contributed by atoms with Crippen molar-refractivity contribution < 1.29 is 37.8 Å². The van der Waals surface area contributed by atoms with Crippen LogP contribution in [0.15, 0.2) is 34.2 Å². The van der Waals surface area contributed by atoms with Crippen molar-refractivity contribution >= 4 is 23.7 Å². The fourth-order valence-corrected chi connectivity index (χ4v) is 7.48. The number of esters is 3. The molecule has 6 atom stereocenters. The Hall–Kier alpha value is -2.90. The van der Waals surface area contributed by atoms with Gasteiger partial charge in [0.1, 0.15) is 17.6 Å². The van der Waals surface area contributed by atoms with E-state index in [1.165, 1.54) is 7.11 Å². The van der Waals surface area contributed by atoms with Crippen LogP contribution in [-0.2, 0) is 33.4 Å². The topological polar surface area (TPSA) is 109 Å². The lowest BCUT2D eigenvalue weighted by molar-refractivity contribution is -0.169. The number of Topliss-reactive ketones (excluding diaryl/α,β-unsaturated/α-hetero) is 1. The van der Waals surface area contributed by atoms with Gasteiger partial charge in [0.15, 0.2) is 5.78 Å². The van der Waals surface area contributed by atoms with Crippen molar-refractivity contribution in [3.8, 4) is 0 Å². The third-order valence-electron chi connectivity index (χ3n) is 9.25. The van der Waals surface area contributed by atoms with Crippen molar-refractivity contribution in [2.45, 2.75) is 71.5 Å². The second-order valence-electron chi connectivity index (χ2n) is 11.4. The minimum atomic E-state index is -1.05. The predicted molar refractivity (Wildman–Crippen MR) is 122 cm³/mol. The average molecular weight is 485 g/mol. The molecule has 3 heterocycles. The summed E-state index contributed by atoms with van der Waals surface area (Å²) in [5.74, 6) is -3.28. The molecule has 0 amide bonds. The molecule has 2 aliphatic heterocycles. The highest BCUT2D eigenvalue weighted by Crippen LogP contribution is 2.64. The van der Waals surface area contributed by atoms with Crippen molar-refractivity contribution in [1.82, 2.24) is 0 Å². The maximum Gasteiger partial charge on any atom is 0.317 e. The van der Waals surface area contributed by atoms with Crippen molar-refractivity contribution in [1.29, 1.82) is 0 Å². The molecule has 8 nitrogen and oxygen atoms in total. The van der Waals surface area contributed by atoms with Crippen LogP contribution in [0.3, 0.4) is 0 Å². The van der Waals surface area contributed by atoms with Crippen molar-refractivity contribution in [2.24, 2.45) is 28.6 Å². The summed E-state index contributed by atoms with van der Waals surface area (Å²) in [7, 11) is 1.31. The highest BCUT2D eigenvalue weighted by atomic mass is 16.6. The number of cyclic esters (lactones) is 2. The summed E-state index contributed by atoms with van der Waals surface area (Å²) in [5, 5.41) is 0. The number of ether oxygens (including phenoxy) is 3. The highest BCUT2D eigenvalue weighted by molar-refractivity contribution is 6.05. The predicted octanol–water partition coefficient (Wildman–Crippen LogP) is 4.09. The molecule has 5 rings (SSSR count). The number of carbonyl (C=O) groups is 4. The highest BCUT2D eigenvalue weighted by Gasteiger charge is 2.65. The number of allylic oxidation sites excluding steroid dienone is 1. The molecule has 0 spiro atoms. The number of methoxy groups -OCH3 is 1. The van der Waals surface area contributed by atoms with E-state index in [-0.39, 0.29) is 36.9 Å². The van der Waals surface area contributed by atoms with E-state index in [1.807, 2.05) is 6.92 Å². The van der Waals surface area contributed by atoms with E-state index < -0.39 is 46.3 Å². The molecule has 1 aromatic heterocycles. The molecule has 188 valence electrons. The maximum absolute atomic E-state index is 14.0. The Morgan fingerprint density at radius 3 is 2.57 bits per heavy atom. The van der Waals surface area contributed by atoms with Gasteiger partial charge in [-0.3, -0.25) is 19.2 Å². The van der Waals surface area contributed by atoms with Crippen molar-refractivity contribution in [3.05, 3.63) is 35.3 Å². The lowest BCUT2D eigenvalue weighted by Crippen LogP contribution is -2.56. The van der Waals surface area contributed by atoms with Crippen LogP contribution < -0.4 is 0 Å².